The first-order valence-electron chi connectivity index (χ1n) is 11.0. The molecule has 2 N–H and O–H groups in total. The van der Waals surface area contributed by atoms with Crippen molar-refractivity contribution in [2.24, 2.45) is 4.99 Å². The van der Waals surface area contributed by atoms with Crippen LogP contribution in [-0.2, 0) is 0 Å². The third-order valence-corrected chi connectivity index (χ3v) is 6.65. The predicted molar refractivity (Wildman–Crippen MR) is 111 cm³/mol. The molecule has 2 bridgehead atoms. The van der Waals surface area contributed by atoms with Crippen LogP contribution >= 0.6 is 0 Å². The summed E-state index contributed by atoms with van der Waals surface area (Å²) in [5, 5.41) is 7.05. The van der Waals surface area contributed by atoms with Gasteiger partial charge in [0.2, 0.25) is 0 Å². The fourth-order valence-electron chi connectivity index (χ4n) is 5.10. The fraction of sp³-hybridized carbons (Fsp3) is 0.682. The molecule has 1 aliphatic carbocycles. The lowest BCUT2D eigenvalue weighted by Gasteiger charge is -2.47. The van der Waals surface area contributed by atoms with E-state index in [1.807, 2.05) is 6.92 Å². The minimum atomic E-state index is -4.68. The molecule has 1 saturated carbocycles. The van der Waals surface area contributed by atoms with Crippen molar-refractivity contribution in [2.45, 2.75) is 81.9 Å². The molecule has 4 atom stereocenters. The highest BCUT2D eigenvalue weighted by Crippen LogP contribution is 2.45. The summed E-state index contributed by atoms with van der Waals surface area (Å²) in [5.74, 6) is 0.653. The van der Waals surface area contributed by atoms with E-state index in [2.05, 4.69) is 32.3 Å². The number of guanidine groups is 1. The largest absolute Gasteiger partial charge is 0.573 e. The molecule has 3 aliphatic rings. The van der Waals surface area contributed by atoms with Crippen LogP contribution in [0, 0.1) is 0 Å². The smallest absolute Gasteiger partial charge is 0.405 e. The monoisotopic (exact) mass is 424 g/mol. The summed E-state index contributed by atoms with van der Waals surface area (Å²) < 4.78 is 42.4. The van der Waals surface area contributed by atoms with Crippen LogP contribution in [0.4, 0.5) is 13.2 Å². The minimum Gasteiger partial charge on any atom is -0.405 e. The van der Waals surface area contributed by atoms with E-state index in [0.29, 0.717) is 30.2 Å². The van der Waals surface area contributed by atoms with E-state index in [-0.39, 0.29) is 17.7 Å². The van der Waals surface area contributed by atoms with Gasteiger partial charge in [-0.25, -0.2) is 0 Å². The molecule has 5 nitrogen and oxygen atoms in total. The van der Waals surface area contributed by atoms with Crippen molar-refractivity contribution in [1.82, 2.24) is 15.5 Å². The van der Waals surface area contributed by atoms with E-state index >= 15 is 0 Å². The summed E-state index contributed by atoms with van der Waals surface area (Å²) in [6, 6.07) is 8.11. The second kappa shape index (κ2) is 8.65. The van der Waals surface area contributed by atoms with Crippen LogP contribution < -0.4 is 15.4 Å². The van der Waals surface area contributed by atoms with Crippen molar-refractivity contribution in [1.29, 1.82) is 0 Å². The van der Waals surface area contributed by atoms with Gasteiger partial charge >= 0.3 is 6.36 Å². The van der Waals surface area contributed by atoms with Gasteiger partial charge in [-0.05, 0) is 57.7 Å². The molecule has 1 aromatic rings. The van der Waals surface area contributed by atoms with Gasteiger partial charge in [-0.3, -0.25) is 4.99 Å². The molecule has 2 saturated heterocycles. The molecule has 0 spiro atoms. The number of ether oxygens (including phenoxy) is 1. The Hall–Kier alpha value is -1.96. The number of alkyl halides is 3. The van der Waals surface area contributed by atoms with Crippen molar-refractivity contribution >= 4 is 5.96 Å². The molecule has 0 amide bonds. The summed E-state index contributed by atoms with van der Waals surface area (Å²) in [5.41, 5.74) is 0.594. The predicted octanol–water partition coefficient (Wildman–Crippen LogP) is 4.01. The maximum absolute atomic E-state index is 12.7. The molecule has 1 aromatic carbocycles. The van der Waals surface area contributed by atoms with E-state index in [4.69, 9.17) is 0 Å². The van der Waals surface area contributed by atoms with Gasteiger partial charge in [0, 0.05) is 36.6 Å². The number of piperidine rings is 2. The molecule has 3 fully saturated rings. The topological polar surface area (TPSA) is 48.9 Å². The Kier molecular flexibility index (Phi) is 6.14. The molecule has 4 unspecified atom stereocenters. The molecular formula is C22H31F3N4O. The third-order valence-electron chi connectivity index (χ3n) is 6.65. The van der Waals surface area contributed by atoms with E-state index in [0.717, 1.165) is 25.2 Å². The van der Waals surface area contributed by atoms with Gasteiger partial charge in [-0.2, -0.15) is 0 Å². The second-order valence-electron chi connectivity index (χ2n) is 8.72. The molecule has 4 rings (SSSR count). The van der Waals surface area contributed by atoms with E-state index in [1.165, 1.54) is 25.3 Å². The normalized spacial score (nSPS) is 31.9. The average molecular weight is 425 g/mol. The zero-order valence-corrected chi connectivity index (χ0v) is 17.6. The molecule has 2 heterocycles. The van der Waals surface area contributed by atoms with Crippen LogP contribution in [0.25, 0.3) is 0 Å². The number of hydrogen-bond donors (Lipinski definition) is 2. The average Bonchev–Trinajstić information content (AvgIpc) is 3.41. The first-order chi connectivity index (χ1) is 14.3. The number of fused-ring (bicyclic) bond motifs is 2. The lowest BCUT2D eigenvalue weighted by atomic mass is 9.82. The Morgan fingerprint density at radius 3 is 2.50 bits per heavy atom. The van der Waals surface area contributed by atoms with Gasteiger partial charge in [0.05, 0.1) is 0 Å². The van der Waals surface area contributed by atoms with Gasteiger partial charge in [-0.1, -0.05) is 24.6 Å². The maximum Gasteiger partial charge on any atom is 0.573 e. The van der Waals surface area contributed by atoms with Crippen LogP contribution in [0.2, 0.25) is 0 Å². The molecule has 30 heavy (non-hydrogen) atoms. The van der Waals surface area contributed by atoms with Crippen molar-refractivity contribution in [2.75, 3.05) is 13.6 Å². The van der Waals surface area contributed by atoms with Crippen molar-refractivity contribution in [3.8, 4) is 5.75 Å². The highest BCUT2D eigenvalue weighted by molar-refractivity contribution is 5.81. The summed E-state index contributed by atoms with van der Waals surface area (Å²) in [6.07, 6.45) is 2.10. The number of nitrogens with one attached hydrogen (secondary N) is 2. The van der Waals surface area contributed by atoms with E-state index in [9.17, 15) is 13.2 Å². The van der Waals surface area contributed by atoms with Crippen LogP contribution in [-0.4, -0.2) is 55.0 Å². The first-order valence-corrected chi connectivity index (χ1v) is 11.0. The van der Waals surface area contributed by atoms with Crippen LogP contribution in [0.5, 0.6) is 5.75 Å². The first kappa shape index (κ1) is 21.3. The number of aliphatic imine (C=N–C) groups is 1. The van der Waals surface area contributed by atoms with E-state index in [1.54, 1.807) is 18.2 Å². The number of nitrogens with zero attached hydrogens (tertiary/aromatic N) is 2. The van der Waals surface area contributed by atoms with Gasteiger partial charge in [0.25, 0.3) is 0 Å². The highest BCUT2D eigenvalue weighted by Gasteiger charge is 2.43. The molecule has 0 radical (unpaired) electrons. The van der Waals surface area contributed by atoms with Crippen LogP contribution in [0.3, 0.4) is 0 Å². The van der Waals surface area contributed by atoms with Gasteiger partial charge in [0.1, 0.15) is 5.75 Å². The number of para-hydroxylation sites is 1. The Labute approximate surface area is 176 Å². The minimum absolute atomic E-state index is 0.00993. The van der Waals surface area contributed by atoms with Gasteiger partial charge in [0.15, 0.2) is 5.96 Å². The number of rotatable bonds is 5. The number of benzene rings is 1. The summed E-state index contributed by atoms with van der Waals surface area (Å²) in [7, 11) is 2.24. The van der Waals surface area contributed by atoms with Crippen LogP contribution in [0.15, 0.2) is 29.3 Å². The van der Waals surface area contributed by atoms with Gasteiger partial charge in [-0.15, -0.1) is 13.2 Å². The summed E-state index contributed by atoms with van der Waals surface area (Å²) >= 11 is 0. The fourth-order valence-corrected chi connectivity index (χ4v) is 5.10. The number of hydrogen-bond acceptors (Lipinski definition) is 3. The van der Waals surface area contributed by atoms with E-state index < -0.39 is 6.36 Å². The molecule has 0 aromatic heterocycles. The Balaban J connectivity index is 1.37. The Morgan fingerprint density at radius 2 is 1.83 bits per heavy atom. The van der Waals surface area contributed by atoms with Crippen LogP contribution in [0.1, 0.15) is 56.9 Å². The van der Waals surface area contributed by atoms with Crippen molar-refractivity contribution in [3.63, 3.8) is 0 Å². The summed E-state index contributed by atoms with van der Waals surface area (Å²) in [6.45, 7) is 2.64. The third kappa shape index (κ3) is 5.02. The maximum atomic E-state index is 12.7. The standard InChI is InChI=1S/C22H31F3N4O/c1-3-26-21(27-14-11-15-7-6-8-16(12-14)29(15)2)28-19-13-18(19)17-9-4-5-10-20(17)30-22(23,24)25/h4-5,9-10,14-16,18-19H,3,6-8,11-13H2,1-2H3,(H2,26,27,28). The van der Waals surface area contributed by atoms with Gasteiger partial charge < -0.3 is 20.3 Å². The zero-order chi connectivity index (χ0) is 21.3. The molecule has 166 valence electrons. The lowest BCUT2D eigenvalue weighted by molar-refractivity contribution is -0.274. The SMILES string of the molecule is CCN=C(NC1CC2CCCC(C1)N2C)NC1CC1c1ccccc1OC(F)(F)F. The molecule has 8 heteroatoms. The summed E-state index contributed by atoms with van der Waals surface area (Å²) in [4.78, 5) is 7.12. The highest BCUT2D eigenvalue weighted by atomic mass is 19.4. The Bertz CT molecular complexity index is 755. The molecule has 2 aliphatic heterocycles. The molecular weight excluding hydrogens is 393 g/mol. The lowest BCUT2D eigenvalue weighted by Crippen LogP contribution is -2.56. The number of halogens is 3. The second-order valence-corrected chi connectivity index (χ2v) is 8.72. The van der Waals surface area contributed by atoms with Crippen molar-refractivity contribution in [3.05, 3.63) is 29.8 Å². The Morgan fingerprint density at radius 1 is 1.13 bits per heavy atom. The zero-order valence-electron chi connectivity index (χ0n) is 17.6. The quantitative estimate of drug-likeness (QED) is 0.554. The van der Waals surface area contributed by atoms with Crippen molar-refractivity contribution < 1.29 is 17.9 Å².